The Morgan fingerprint density at radius 1 is 1.05 bits per heavy atom. The highest BCUT2D eigenvalue weighted by molar-refractivity contribution is 6.55. The number of carbonyl (C=O) groups is 2. The highest BCUT2D eigenvalue weighted by atomic mass is 35.5. The number of carboxylic acids is 1. The Labute approximate surface area is 239 Å². The predicted molar refractivity (Wildman–Crippen MR) is 154 cm³/mol. The second-order valence-corrected chi connectivity index (χ2v) is 10.1. The van der Waals surface area contributed by atoms with E-state index in [2.05, 4.69) is 30.4 Å². The number of phenolic OH excluding ortho intramolecular Hbond substituents is 1. The summed E-state index contributed by atoms with van der Waals surface area (Å²) in [6.07, 6.45) is 0. The third-order valence-electron chi connectivity index (χ3n) is 6.72. The van der Waals surface area contributed by atoms with Crippen LogP contribution in [0.15, 0.2) is 77.9 Å². The van der Waals surface area contributed by atoms with Gasteiger partial charge >= 0.3 is 5.97 Å². The lowest BCUT2D eigenvalue weighted by molar-refractivity contribution is -0.111. The smallest absolute Gasteiger partial charge is 0.338 e. The molecule has 0 fully saturated rings. The summed E-state index contributed by atoms with van der Waals surface area (Å²) in [5.41, 5.74) is 5.56. The number of benzene rings is 4. The molecule has 0 atom stereocenters. The molecule has 0 spiro atoms. The number of hydrazone groups is 1. The van der Waals surface area contributed by atoms with Crippen LogP contribution in [0.25, 0.3) is 11.1 Å². The predicted octanol–water partition coefficient (Wildman–Crippen LogP) is 7.04. The van der Waals surface area contributed by atoms with Crippen molar-refractivity contribution in [2.24, 2.45) is 5.10 Å². The van der Waals surface area contributed by atoms with Crippen LogP contribution in [-0.4, -0.2) is 27.8 Å². The van der Waals surface area contributed by atoms with Crippen LogP contribution in [0.3, 0.4) is 0 Å². The Morgan fingerprint density at radius 2 is 1.78 bits per heavy atom. The molecule has 0 aliphatic carbocycles. The number of nitrogens with one attached hydrogen (secondary N) is 1. The molecular weight excluding hydrogens is 547 g/mol. The van der Waals surface area contributed by atoms with Crippen molar-refractivity contribution in [2.75, 3.05) is 10.3 Å². The second-order valence-electron chi connectivity index (χ2n) is 9.65. The van der Waals surface area contributed by atoms with E-state index in [0.717, 1.165) is 17.7 Å². The summed E-state index contributed by atoms with van der Waals surface area (Å²) < 4.78 is 14.0. The first kappa shape index (κ1) is 27.4. The first-order valence-electron chi connectivity index (χ1n) is 12.5. The lowest BCUT2D eigenvalue weighted by atomic mass is 10.0. The summed E-state index contributed by atoms with van der Waals surface area (Å²) in [6, 6.07) is 20.6. The number of amides is 1. The number of aromatic hydroxyl groups is 1. The Kier molecular flexibility index (Phi) is 7.18. The second kappa shape index (κ2) is 10.8. The molecule has 10 heteroatoms. The fourth-order valence-electron chi connectivity index (χ4n) is 4.57. The van der Waals surface area contributed by atoms with Crippen LogP contribution in [0.2, 0.25) is 5.02 Å². The SMILES string of the molecule is CC(C)c1ccc(N2C(=O)/C(=N\Nc3cc(Cl)cc(-c4ccc(F)c(C(=O)O)c4)c3O)c3ccc(C#N)cc32)cc1. The van der Waals surface area contributed by atoms with Crippen molar-refractivity contribution in [3.05, 3.63) is 106 Å². The number of nitrogens with zero attached hydrogens (tertiary/aromatic N) is 3. The zero-order valence-corrected chi connectivity index (χ0v) is 22.6. The first-order chi connectivity index (χ1) is 19.6. The van der Waals surface area contributed by atoms with Crippen molar-refractivity contribution < 1.29 is 24.2 Å². The summed E-state index contributed by atoms with van der Waals surface area (Å²) >= 11 is 6.29. The highest BCUT2D eigenvalue weighted by Gasteiger charge is 2.36. The number of carboxylic acid groups (broad SMARTS) is 1. The lowest BCUT2D eigenvalue weighted by Crippen LogP contribution is -2.26. The summed E-state index contributed by atoms with van der Waals surface area (Å²) in [5, 5.41) is 34.2. The maximum atomic E-state index is 14.0. The number of anilines is 3. The average Bonchev–Trinajstić information content (AvgIpc) is 3.23. The molecule has 0 saturated heterocycles. The fraction of sp³-hybridized carbons (Fsp3) is 0.0968. The van der Waals surface area contributed by atoms with E-state index in [4.69, 9.17) is 11.6 Å². The van der Waals surface area contributed by atoms with E-state index in [9.17, 15) is 29.5 Å². The molecule has 4 aromatic carbocycles. The standard InChI is InChI=1S/C31H22ClFN4O4/c1-16(2)18-4-7-21(8-5-18)37-27-11-17(15-34)3-9-22(27)28(30(37)39)36-35-26-14-20(32)13-23(29(26)38)19-6-10-25(33)24(12-19)31(40)41/h3-14,16,35,38H,1-2H3,(H,40,41)/b36-28-. The Balaban J connectivity index is 1.55. The van der Waals surface area contributed by atoms with Crippen molar-refractivity contribution >= 4 is 46.3 Å². The molecule has 41 heavy (non-hydrogen) atoms. The van der Waals surface area contributed by atoms with Gasteiger partial charge in [0.25, 0.3) is 5.91 Å². The number of rotatable bonds is 6. The van der Waals surface area contributed by atoms with Gasteiger partial charge < -0.3 is 10.2 Å². The van der Waals surface area contributed by atoms with Crippen LogP contribution < -0.4 is 10.3 Å². The lowest BCUT2D eigenvalue weighted by Gasteiger charge is -2.18. The Bertz CT molecular complexity index is 1800. The highest BCUT2D eigenvalue weighted by Crippen LogP contribution is 2.40. The normalized spacial score (nSPS) is 13.4. The molecule has 1 aliphatic rings. The minimum Gasteiger partial charge on any atom is -0.505 e. The average molecular weight is 569 g/mol. The quantitative estimate of drug-likeness (QED) is 0.169. The number of halogens is 2. The zero-order chi connectivity index (χ0) is 29.4. The fourth-order valence-corrected chi connectivity index (χ4v) is 4.79. The van der Waals surface area contributed by atoms with Crippen LogP contribution in [0.5, 0.6) is 5.75 Å². The number of hydrogen-bond acceptors (Lipinski definition) is 6. The van der Waals surface area contributed by atoms with E-state index >= 15 is 0 Å². The molecule has 8 nitrogen and oxygen atoms in total. The maximum Gasteiger partial charge on any atom is 0.338 e. The molecule has 4 aromatic rings. The number of hydrogen-bond donors (Lipinski definition) is 3. The summed E-state index contributed by atoms with van der Waals surface area (Å²) in [5.74, 6) is -2.87. The molecule has 0 bridgehead atoms. The first-order valence-corrected chi connectivity index (χ1v) is 12.8. The van der Waals surface area contributed by atoms with Gasteiger partial charge in [0.2, 0.25) is 0 Å². The molecule has 1 heterocycles. The minimum absolute atomic E-state index is 0.0314. The Hall–Kier alpha value is -5.20. The summed E-state index contributed by atoms with van der Waals surface area (Å²) in [7, 11) is 0. The van der Waals surface area contributed by atoms with Crippen molar-refractivity contribution in [3.63, 3.8) is 0 Å². The molecule has 1 amide bonds. The van der Waals surface area contributed by atoms with Crippen LogP contribution in [0.1, 0.15) is 46.8 Å². The van der Waals surface area contributed by atoms with Gasteiger partial charge in [-0.25, -0.2) is 9.18 Å². The van der Waals surface area contributed by atoms with Gasteiger partial charge in [0.05, 0.1) is 22.9 Å². The molecular formula is C31H22ClFN4O4. The van der Waals surface area contributed by atoms with Gasteiger partial charge in [-0.2, -0.15) is 10.4 Å². The molecule has 5 rings (SSSR count). The van der Waals surface area contributed by atoms with Gasteiger partial charge in [-0.15, -0.1) is 0 Å². The molecule has 0 unspecified atom stereocenters. The number of carbonyl (C=O) groups excluding carboxylic acids is 1. The molecule has 0 radical (unpaired) electrons. The van der Waals surface area contributed by atoms with E-state index in [1.54, 1.807) is 18.2 Å². The Morgan fingerprint density at radius 3 is 2.44 bits per heavy atom. The number of phenols is 1. The van der Waals surface area contributed by atoms with E-state index in [1.165, 1.54) is 23.1 Å². The molecule has 0 saturated carbocycles. The number of fused-ring (bicyclic) bond motifs is 1. The molecule has 3 N–H and O–H groups in total. The summed E-state index contributed by atoms with van der Waals surface area (Å²) in [4.78, 5) is 26.5. The van der Waals surface area contributed by atoms with Crippen molar-refractivity contribution in [1.82, 2.24) is 0 Å². The van der Waals surface area contributed by atoms with Crippen LogP contribution >= 0.6 is 11.6 Å². The van der Waals surface area contributed by atoms with Crippen molar-refractivity contribution in [3.8, 4) is 22.9 Å². The van der Waals surface area contributed by atoms with Crippen LogP contribution in [-0.2, 0) is 4.79 Å². The third kappa shape index (κ3) is 5.09. The molecule has 0 aromatic heterocycles. The number of nitriles is 1. The molecule has 204 valence electrons. The maximum absolute atomic E-state index is 14.0. The topological polar surface area (TPSA) is 126 Å². The van der Waals surface area contributed by atoms with E-state index in [1.807, 2.05) is 24.3 Å². The van der Waals surface area contributed by atoms with Gasteiger partial charge in [0.15, 0.2) is 5.71 Å². The summed E-state index contributed by atoms with van der Waals surface area (Å²) in [6.45, 7) is 4.14. The largest absolute Gasteiger partial charge is 0.505 e. The van der Waals surface area contributed by atoms with Gasteiger partial charge in [0, 0.05) is 21.8 Å². The zero-order valence-electron chi connectivity index (χ0n) is 21.8. The van der Waals surface area contributed by atoms with Crippen molar-refractivity contribution in [2.45, 2.75) is 19.8 Å². The van der Waals surface area contributed by atoms with Crippen molar-refractivity contribution in [1.29, 1.82) is 5.26 Å². The van der Waals surface area contributed by atoms with Gasteiger partial charge in [-0.05, 0) is 71.6 Å². The molecule has 1 aliphatic heterocycles. The van der Waals surface area contributed by atoms with Gasteiger partial charge in [0.1, 0.15) is 17.3 Å². The van der Waals surface area contributed by atoms with Gasteiger partial charge in [-0.1, -0.05) is 43.6 Å². The van der Waals surface area contributed by atoms with E-state index in [0.29, 0.717) is 28.4 Å². The monoisotopic (exact) mass is 568 g/mol. The van der Waals surface area contributed by atoms with Crippen LogP contribution in [0, 0.1) is 17.1 Å². The number of aromatic carboxylic acids is 1. The van der Waals surface area contributed by atoms with E-state index in [-0.39, 0.29) is 33.3 Å². The third-order valence-corrected chi connectivity index (χ3v) is 6.94. The van der Waals surface area contributed by atoms with Gasteiger partial charge in [-0.3, -0.25) is 15.1 Å². The van der Waals surface area contributed by atoms with E-state index < -0.39 is 23.3 Å². The van der Waals surface area contributed by atoms with Crippen LogP contribution in [0.4, 0.5) is 21.5 Å². The minimum atomic E-state index is -1.46.